The van der Waals surface area contributed by atoms with Crippen LogP contribution in [0.25, 0.3) is 0 Å². The van der Waals surface area contributed by atoms with Crippen LogP contribution in [-0.2, 0) is 14.3 Å². The Balaban J connectivity index is 1.63. The Labute approximate surface area is 153 Å². The van der Waals surface area contributed by atoms with Gasteiger partial charge in [0.05, 0.1) is 17.2 Å². The van der Waals surface area contributed by atoms with Crippen molar-refractivity contribution in [2.24, 2.45) is 11.8 Å². The summed E-state index contributed by atoms with van der Waals surface area (Å²) in [5.41, 5.74) is 0. The highest BCUT2D eigenvalue weighted by Gasteiger charge is 2.41. The molecule has 0 aromatic heterocycles. The van der Waals surface area contributed by atoms with Crippen LogP contribution in [0.1, 0.15) is 25.7 Å². The molecule has 0 spiro atoms. The molecule has 25 heavy (non-hydrogen) atoms. The van der Waals surface area contributed by atoms with Gasteiger partial charge in [0.2, 0.25) is 0 Å². The molecule has 0 saturated heterocycles. The molecular formula is C17H26N2O5S. The van der Waals surface area contributed by atoms with Gasteiger partial charge in [0, 0.05) is 51.3 Å². The third kappa shape index (κ3) is 5.07. The van der Waals surface area contributed by atoms with E-state index in [-0.39, 0.29) is 42.9 Å². The Morgan fingerprint density at radius 3 is 2.64 bits per heavy atom. The second kappa shape index (κ2) is 9.38. The fourth-order valence-electron chi connectivity index (χ4n) is 3.55. The lowest BCUT2D eigenvalue weighted by Gasteiger charge is -2.21. The van der Waals surface area contributed by atoms with E-state index in [0.717, 1.165) is 19.3 Å². The number of aliphatic hydroxyl groups excluding tert-OH is 2. The summed E-state index contributed by atoms with van der Waals surface area (Å²) in [5, 5.41) is 22.5. The number of nitrogens with zero attached hydrogens (tertiary/aromatic N) is 1. The fourth-order valence-corrected chi connectivity index (χ4v) is 3.74. The number of carbonyl (C=O) groups excluding carboxylic acids is 2. The van der Waals surface area contributed by atoms with Gasteiger partial charge in [-0.3, -0.25) is 14.5 Å². The van der Waals surface area contributed by atoms with Gasteiger partial charge in [-0.2, -0.15) is 0 Å². The van der Waals surface area contributed by atoms with Crippen molar-refractivity contribution < 1.29 is 24.5 Å². The monoisotopic (exact) mass is 370 g/mol. The molecule has 140 valence electrons. The lowest BCUT2D eigenvalue weighted by atomic mass is 9.98. The smallest absolute Gasteiger partial charge is 0.253 e. The van der Waals surface area contributed by atoms with Crippen molar-refractivity contribution in [2.75, 3.05) is 26.8 Å². The molecule has 0 bridgehead atoms. The summed E-state index contributed by atoms with van der Waals surface area (Å²) in [5.74, 6) is -0.486. The molecule has 7 nitrogen and oxygen atoms in total. The predicted octanol–water partition coefficient (Wildman–Crippen LogP) is 0.00300. The van der Waals surface area contributed by atoms with E-state index in [1.807, 2.05) is 0 Å². The molecule has 0 aromatic carbocycles. The van der Waals surface area contributed by atoms with E-state index >= 15 is 0 Å². The minimum absolute atomic E-state index is 0.0251. The van der Waals surface area contributed by atoms with E-state index in [9.17, 15) is 19.8 Å². The molecule has 3 N–H and O–H groups in total. The zero-order valence-corrected chi connectivity index (χ0v) is 15.2. The third-order valence-corrected chi connectivity index (χ3v) is 5.28. The van der Waals surface area contributed by atoms with E-state index in [1.54, 1.807) is 7.11 Å². The highest BCUT2D eigenvalue weighted by molar-refractivity contribution is 7.80. The Morgan fingerprint density at radius 1 is 1.36 bits per heavy atom. The molecule has 1 aliphatic carbocycles. The van der Waals surface area contributed by atoms with Gasteiger partial charge in [-0.05, 0) is 25.2 Å². The molecule has 1 fully saturated rings. The average molecular weight is 370 g/mol. The van der Waals surface area contributed by atoms with Crippen molar-refractivity contribution in [1.29, 1.82) is 0 Å². The highest BCUT2D eigenvalue weighted by Crippen LogP contribution is 2.36. The number of thiocarbonyl (C=S) groups is 1. The van der Waals surface area contributed by atoms with Gasteiger partial charge < -0.3 is 20.3 Å². The maximum atomic E-state index is 11.4. The lowest BCUT2D eigenvalue weighted by molar-refractivity contribution is -0.136. The third-order valence-electron chi connectivity index (χ3n) is 4.93. The topological polar surface area (TPSA) is 99.1 Å². The van der Waals surface area contributed by atoms with Gasteiger partial charge in [0.1, 0.15) is 0 Å². The zero-order chi connectivity index (χ0) is 18.4. The van der Waals surface area contributed by atoms with Gasteiger partial charge in [-0.1, -0.05) is 12.2 Å². The van der Waals surface area contributed by atoms with Gasteiger partial charge in [0.15, 0.2) is 0 Å². The summed E-state index contributed by atoms with van der Waals surface area (Å²) >= 11 is 5.24. The Bertz CT molecular complexity index is 521. The summed E-state index contributed by atoms with van der Waals surface area (Å²) < 4.78 is 5.38. The number of methoxy groups -OCH3 is 1. The molecule has 1 heterocycles. The molecule has 8 heteroatoms. The van der Waals surface area contributed by atoms with Crippen molar-refractivity contribution in [1.82, 2.24) is 10.2 Å². The number of imide groups is 1. The summed E-state index contributed by atoms with van der Waals surface area (Å²) in [4.78, 5) is 24.7. The number of rotatable bonds is 9. The number of hydrogen-bond acceptors (Lipinski definition) is 6. The standard InChI is InChI=1S/C17H26N2O5S/c1-24-17-11(9-12(10-20)16(17)23)3-2-7-18-13(25)6-8-19-14(21)4-5-15(19)22/h4-5,11-12,16-17,20,23H,2-3,6-10H2,1H3,(H,18,25). The van der Waals surface area contributed by atoms with Crippen LogP contribution in [0.5, 0.6) is 0 Å². The van der Waals surface area contributed by atoms with Crippen LogP contribution in [0, 0.1) is 11.8 Å². The number of aliphatic hydroxyl groups is 2. The van der Waals surface area contributed by atoms with E-state index in [4.69, 9.17) is 17.0 Å². The summed E-state index contributed by atoms with van der Waals surface area (Å²) in [6, 6.07) is 0. The zero-order valence-electron chi connectivity index (χ0n) is 14.4. The van der Waals surface area contributed by atoms with Crippen LogP contribution >= 0.6 is 12.2 Å². The van der Waals surface area contributed by atoms with Crippen LogP contribution in [-0.4, -0.2) is 70.9 Å². The summed E-state index contributed by atoms with van der Waals surface area (Å²) in [7, 11) is 1.59. The number of amides is 2. The van der Waals surface area contributed by atoms with E-state index in [2.05, 4.69) is 5.32 Å². The number of ether oxygens (including phenoxy) is 1. The summed E-state index contributed by atoms with van der Waals surface area (Å²) in [6.07, 6.45) is 4.62. The molecule has 1 saturated carbocycles. The average Bonchev–Trinajstić information content (AvgIpc) is 3.08. The quantitative estimate of drug-likeness (QED) is 0.299. The van der Waals surface area contributed by atoms with Gasteiger partial charge in [-0.15, -0.1) is 0 Å². The maximum Gasteiger partial charge on any atom is 0.253 e. The highest BCUT2D eigenvalue weighted by atomic mass is 32.1. The molecule has 0 aromatic rings. The van der Waals surface area contributed by atoms with Crippen molar-refractivity contribution in [2.45, 2.75) is 37.9 Å². The van der Waals surface area contributed by atoms with E-state index < -0.39 is 6.10 Å². The SMILES string of the molecule is COC1C(CCCNC(=S)CCN2C(=O)C=CC2=O)CC(CO)C1O. The maximum absolute atomic E-state index is 11.4. The van der Waals surface area contributed by atoms with Crippen LogP contribution in [0.4, 0.5) is 0 Å². The van der Waals surface area contributed by atoms with Crippen LogP contribution in [0.2, 0.25) is 0 Å². The minimum atomic E-state index is -0.613. The Morgan fingerprint density at radius 2 is 2.04 bits per heavy atom. The number of hydrogen-bond donors (Lipinski definition) is 3. The molecular weight excluding hydrogens is 344 g/mol. The molecule has 2 amide bonds. The Hall–Kier alpha value is -1.35. The summed E-state index contributed by atoms with van der Waals surface area (Å²) in [6.45, 7) is 0.948. The first-order valence-electron chi connectivity index (χ1n) is 8.59. The fraction of sp³-hybridized carbons (Fsp3) is 0.706. The molecule has 1 aliphatic heterocycles. The van der Waals surface area contributed by atoms with Gasteiger partial charge >= 0.3 is 0 Å². The van der Waals surface area contributed by atoms with Crippen LogP contribution < -0.4 is 5.32 Å². The first-order chi connectivity index (χ1) is 12.0. The van der Waals surface area contributed by atoms with Crippen LogP contribution in [0.15, 0.2) is 12.2 Å². The van der Waals surface area contributed by atoms with Crippen molar-refractivity contribution in [3.63, 3.8) is 0 Å². The molecule has 2 aliphatic rings. The van der Waals surface area contributed by atoms with Gasteiger partial charge in [-0.25, -0.2) is 0 Å². The predicted molar refractivity (Wildman–Crippen MR) is 95.8 cm³/mol. The minimum Gasteiger partial charge on any atom is -0.396 e. The second-order valence-corrected chi connectivity index (χ2v) is 7.03. The number of carbonyl (C=O) groups is 2. The first kappa shape index (κ1) is 20.0. The lowest BCUT2D eigenvalue weighted by Crippen LogP contribution is -2.34. The van der Waals surface area contributed by atoms with Crippen molar-refractivity contribution >= 4 is 29.0 Å². The van der Waals surface area contributed by atoms with Crippen LogP contribution in [0.3, 0.4) is 0 Å². The van der Waals surface area contributed by atoms with Crippen molar-refractivity contribution in [3.05, 3.63) is 12.2 Å². The normalized spacial score (nSPS) is 28.8. The Kier molecular flexibility index (Phi) is 7.49. The van der Waals surface area contributed by atoms with Gasteiger partial charge in [0.25, 0.3) is 11.8 Å². The van der Waals surface area contributed by atoms with E-state index in [0.29, 0.717) is 18.0 Å². The molecule has 4 atom stereocenters. The van der Waals surface area contributed by atoms with E-state index in [1.165, 1.54) is 17.1 Å². The van der Waals surface area contributed by atoms with Crippen molar-refractivity contribution in [3.8, 4) is 0 Å². The molecule has 4 unspecified atom stereocenters. The molecule has 2 rings (SSSR count). The largest absolute Gasteiger partial charge is 0.396 e. The second-order valence-electron chi connectivity index (χ2n) is 6.53. The first-order valence-corrected chi connectivity index (χ1v) is 9.00. The molecule has 0 radical (unpaired) electrons. The number of nitrogens with one attached hydrogen (secondary N) is 1.